The highest BCUT2D eigenvalue weighted by molar-refractivity contribution is 6.31. The summed E-state index contributed by atoms with van der Waals surface area (Å²) >= 11 is 5.81. The fourth-order valence-electron chi connectivity index (χ4n) is 1.72. The van der Waals surface area contributed by atoms with Crippen LogP contribution in [0.5, 0.6) is 0 Å². The summed E-state index contributed by atoms with van der Waals surface area (Å²) in [5.74, 6) is -0.542. The summed E-state index contributed by atoms with van der Waals surface area (Å²) in [4.78, 5) is 11.8. The van der Waals surface area contributed by atoms with Crippen molar-refractivity contribution < 1.29 is 9.18 Å². The van der Waals surface area contributed by atoms with Gasteiger partial charge in [-0.25, -0.2) is 4.39 Å². The number of nitrogens with one attached hydrogen (secondary N) is 1. The van der Waals surface area contributed by atoms with Gasteiger partial charge in [0.05, 0.1) is 11.6 Å². The van der Waals surface area contributed by atoms with Crippen LogP contribution in [0.1, 0.15) is 5.56 Å². The first-order valence-corrected chi connectivity index (χ1v) is 6.28. The second kappa shape index (κ2) is 6.34. The Labute approximate surface area is 116 Å². The van der Waals surface area contributed by atoms with Gasteiger partial charge in [-0.15, -0.1) is 0 Å². The number of hydrogen-bond acceptors (Lipinski definition) is 2. The van der Waals surface area contributed by atoms with Crippen molar-refractivity contribution in [3.8, 4) is 0 Å². The van der Waals surface area contributed by atoms with Crippen LogP contribution in [0.25, 0.3) is 0 Å². The standard InChI is InChI=1S/C15H13ClFNO/c16-15-11(5-4-8-14(15)17)9-13(19)10-18-12-6-2-1-3-7-12/h1-8,18H,9-10H2. The molecule has 0 amide bonds. The van der Waals surface area contributed by atoms with Crippen molar-refractivity contribution in [2.45, 2.75) is 6.42 Å². The maximum atomic E-state index is 13.2. The lowest BCUT2D eigenvalue weighted by atomic mass is 10.1. The fraction of sp³-hybridized carbons (Fsp3) is 0.133. The van der Waals surface area contributed by atoms with Gasteiger partial charge in [-0.1, -0.05) is 41.9 Å². The van der Waals surface area contributed by atoms with Gasteiger partial charge < -0.3 is 5.32 Å². The predicted octanol–water partition coefficient (Wildman–Crippen LogP) is 3.70. The van der Waals surface area contributed by atoms with Crippen LogP contribution < -0.4 is 5.32 Å². The van der Waals surface area contributed by atoms with Crippen LogP contribution >= 0.6 is 11.6 Å². The Balaban J connectivity index is 1.93. The monoisotopic (exact) mass is 277 g/mol. The van der Waals surface area contributed by atoms with Gasteiger partial charge in [0, 0.05) is 12.1 Å². The molecule has 0 unspecified atom stereocenters. The van der Waals surface area contributed by atoms with Crippen LogP contribution in [0.2, 0.25) is 5.02 Å². The van der Waals surface area contributed by atoms with E-state index in [1.54, 1.807) is 12.1 Å². The normalized spacial score (nSPS) is 10.2. The summed E-state index contributed by atoms with van der Waals surface area (Å²) in [6.07, 6.45) is 0.121. The summed E-state index contributed by atoms with van der Waals surface area (Å²) < 4.78 is 13.2. The molecule has 0 spiro atoms. The van der Waals surface area contributed by atoms with E-state index in [1.165, 1.54) is 6.07 Å². The predicted molar refractivity (Wildman–Crippen MR) is 75.1 cm³/mol. The SMILES string of the molecule is O=C(CNc1ccccc1)Cc1cccc(F)c1Cl. The third-order valence-corrected chi connectivity index (χ3v) is 3.11. The minimum absolute atomic E-state index is 0.0237. The van der Waals surface area contributed by atoms with Crippen LogP contribution in [0.3, 0.4) is 0 Å². The van der Waals surface area contributed by atoms with E-state index in [2.05, 4.69) is 5.32 Å². The van der Waals surface area contributed by atoms with Gasteiger partial charge in [0.25, 0.3) is 0 Å². The molecule has 0 aliphatic carbocycles. The smallest absolute Gasteiger partial charge is 0.156 e. The Morgan fingerprint density at radius 3 is 2.58 bits per heavy atom. The number of para-hydroxylation sites is 1. The lowest BCUT2D eigenvalue weighted by molar-refractivity contribution is -0.116. The van der Waals surface area contributed by atoms with Crippen molar-refractivity contribution in [2.24, 2.45) is 0 Å². The van der Waals surface area contributed by atoms with Crippen molar-refractivity contribution in [3.05, 3.63) is 64.9 Å². The Morgan fingerprint density at radius 1 is 1.11 bits per heavy atom. The molecular formula is C15H13ClFNO. The van der Waals surface area contributed by atoms with Crippen molar-refractivity contribution in [1.82, 2.24) is 0 Å². The Kier molecular flexibility index (Phi) is 4.53. The average Bonchev–Trinajstić information content (AvgIpc) is 2.43. The van der Waals surface area contributed by atoms with E-state index in [1.807, 2.05) is 30.3 Å². The number of hydrogen-bond donors (Lipinski definition) is 1. The first-order valence-electron chi connectivity index (χ1n) is 5.90. The fourth-order valence-corrected chi connectivity index (χ4v) is 1.91. The molecule has 0 heterocycles. The lowest BCUT2D eigenvalue weighted by Crippen LogP contribution is -2.16. The number of anilines is 1. The van der Waals surface area contributed by atoms with Crippen molar-refractivity contribution in [2.75, 3.05) is 11.9 Å². The molecule has 0 saturated heterocycles. The minimum Gasteiger partial charge on any atom is -0.378 e. The van der Waals surface area contributed by atoms with Gasteiger partial charge in [-0.2, -0.15) is 0 Å². The number of benzene rings is 2. The second-order valence-electron chi connectivity index (χ2n) is 4.15. The molecule has 0 atom stereocenters. The number of halogens is 2. The molecule has 0 saturated carbocycles. The zero-order chi connectivity index (χ0) is 13.7. The van der Waals surface area contributed by atoms with Gasteiger partial charge >= 0.3 is 0 Å². The zero-order valence-electron chi connectivity index (χ0n) is 10.2. The van der Waals surface area contributed by atoms with Gasteiger partial charge in [-0.3, -0.25) is 4.79 Å². The van der Waals surface area contributed by atoms with Crippen LogP contribution in [-0.4, -0.2) is 12.3 Å². The van der Waals surface area contributed by atoms with Gasteiger partial charge in [-0.05, 0) is 23.8 Å². The average molecular weight is 278 g/mol. The second-order valence-corrected chi connectivity index (χ2v) is 4.53. The maximum absolute atomic E-state index is 13.2. The minimum atomic E-state index is -0.497. The summed E-state index contributed by atoms with van der Waals surface area (Å²) in [5.41, 5.74) is 1.39. The molecule has 2 rings (SSSR count). The molecule has 0 aromatic heterocycles. The van der Waals surface area contributed by atoms with Gasteiger partial charge in [0.2, 0.25) is 0 Å². The highest BCUT2D eigenvalue weighted by atomic mass is 35.5. The molecule has 2 nitrogen and oxygen atoms in total. The third kappa shape index (κ3) is 3.80. The molecule has 0 aliphatic heterocycles. The summed E-state index contributed by atoms with van der Waals surface area (Å²) in [5, 5.41) is 3.04. The van der Waals surface area contributed by atoms with Crippen LogP contribution in [0, 0.1) is 5.82 Å². The molecule has 2 aromatic carbocycles. The van der Waals surface area contributed by atoms with Crippen LogP contribution in [0.15, 0.2) is 48.5 Å². The van der Waals surface area contributed by atoms with E-state index < -0.39 is 5.82 Å². The zero-order valence-corrected chi connectivity index (χ0v) is 11.0. The molecule has 0 fully saturated rings. The van der Waals surface area contributed by atoms with E-state index in [0.717, 1.165) is 5.69 Å². The van der Waals surface area contributed by atoms with E-state index in [4.69, 9.17) is 11.6 Å². The topological polar surface area (TPSA) is 29.1 Å². The maximum Gasteiger partial charge on any atom is 0.156 e. The Bertz CT molecular complexity index is 572. The highest BCUT2D eigenvalue weighted by Gasteiger charge is 2.10. The summed E-state index contributed by atoms with van der Waals surface area (Å²) in [7, 11) is 0. The molecule has 98 valence electrons. The lowest BCUT2D eigenvalue weighted by Gasteiger charge is -2.07. The number of carbonyl (C=O) groups excluding carboxylic acids is 1. The van der Waals surface area contributed by atoms with E-state index in [-0.39, 0.29) is 23.8 Å². The van der Waals surface area contributed by atoms with Gasteiger partial charge in [0.15, 0.2) is 5.78 Å². The Hall–Kier alpha value is -1.87. The van der Waals surface area contributed by atoms with Crippen molar-refractivity contribution >= 4 is 23.1 Å². The first kappa shape index (κ1) is 13.6. The molecular weight excluding hydrogens is 265 g/mol. The van der Waals surface area contributed by atoms with E-state index in [9.17, 15) is 9.18 Å². The summed E-state index contributed by atoms with van der Waals surface area (Å²) in [6.45, 7) is 0.191. The van der Waals surface area contributed by atoms with Gasteiger partial charge in [0.1, 0.15) is 5.82 Å². The number of rotatable bonds is 5. The number of ketones is 1. The Morgan fingerprint density at radius 2 is 1.84 bits per heavy atom. The van der Waals surface area contributed by atoms with E-state index >= 15 is 0 Å². The summed E-state index contributed by atoms with van der Waals surface area (Å²) in [6, 6.07) is 13.9. The van der Waals surface area contributed by atoms with Crippen LogP contribution in [0.4, 0.5) is 10.1 Å². The molecule has 1 N–H and O–H groups in total. The number of Topliss-reactive ketones (excluding diaryl/α,β-unsaturated/α-hetero) is 1. The molecule has 2 aromatic rings. The van der Waals surface area contributed by atoms with Crippen molar-refractivity contribution in [1.29, 1.82) is 0 Å². The molecule has 0 aliphatic rings. The molecule has 4 heteroatoms. The van der Waals surface area contributed by atoms with Crippen LogP contribution in [-0.2, 0) is 11.2 Å². The van der Waals surface area contributed by atoms with Crippen molar-refractivity contribution in [3.63, 3.8) is 0 Å². The first-order chi connectivity index (χ1) is 9.16. The quantitative estimate of drug-likeness (QED) is 0.903. The molecule has 19 heavy (non-hydrogen) atoms. The molecule has 0 bridgehead atoms. The number of carbonyl (C=O) groups is 1. The van der Waals surface area contributed by atoms with E-state index in [0.29, 0.717) is 5.56 Å². The third-order valence-electron chi connectivity index (χ3n) is 2.68. The highest BCUT2D eigenvalue weighted by Crippen LogP contribution is 2.20. The largest absolute Gasteiger partial charge is 0.378 e. The molecule has 0 radical (unpaired) electrons.